The molecule has 0 aliphatic rings. The van der Waals surface area contributed by atoms with Gasteiger partial charge in [0.2, 0.25) is 0 Å². The SMILES string of the molecule is Cc1cc2cc(F)sc2cc1CC#N. The zero-order valence-electron chi connectivity index (χ0n) is 7.67. The number of nitriles is 1. The molecule has 0 amide bonds. The Bertz CT molecular complexity index is 522. The molecule has 0 saturated heterocycles. The van der Waals surface area contributed by atoms with Crippen molar-refractivity contribution in [2.45, 2.75) is 13.3 Å². The summed E-state index contributed by atoms with van der Waals surface area (Å²) in [7, 11) is 0. The molecule has 0 fully saturated rings. The molecule has 1 heterocycles. The molecule has 70 valence electrons. The van der Waals surface area contributed by atoms with Crippen LogP contribution in [0, 0.1) is 23.4 Å². The summed E-state index contributed by atoms with van der Waals surface area (Å²) in [5.74, 6) is 0. The first-order valence-electron chi connectivity index (χ1n) is 4.26. The number of hydrogen-bond acceptors (Lipinski definition) is 2. The van der Waals surface area contributed by atoms with Crippen molar-refractivity contribution in [3.8, 4) is 6.07 Å². The predicted octanol–water partition coefficient (Wildman–Crippen LogP) is 3.41. The van der Waals surface area contributed by atoms with Gasteiger partial charge < -0.3 is 0 Å². The molecular weight excluding hydrogens is 197 g/mol. The Morgan fingerprint density at radius 2 is 2.21 bits per heavy atom. The summed E-state index contributed by atoms with van der Waals surface area (Å²) >= 11 is 1.12. The molecule has 0 aliphatic heterocycles. The Hall–Kier alpha value is -1.40. The summed E-state index contributed by atoms with van der Waals surface area (Å²) in [5, 5.41) is 9.35. The predicted molar refractivity (Wildman–Crippen MR) is 55.8 cm³/mol. The lowest BCUT2D eigenvalue weighted by atomic mass is 10.0. The van der Waals surface area contributed by atoms with E-state index in [9.17, 15) is 4.39 Å². The Kier molecular flexibility index (Phi) is 2.22. The Balaban J connectivity index is 2.65. The van der Waals surface area contributed by atoms with Crippen LogP contribution in [0.25, 0.3) is 10.1 Å². The number of thiophene rings is 1. The molecule has 0 atom stereocenters. The minimum atomic E-state index is -0.173. The van der Waals surface area contributed by atoms with E-state index in [1.54, 1.807) is 0 Å². The van der Waals surface area contributed by atoms with Gasteiger partial charge in [-0.2, -0.15) is 9.65 Å². The number of hydrogen-bond donors (Lipinski definition) is 0. The lowest BCUT2D eigenvalue weighted by molar-refractivity contribution is 0.658. The zero-order valence-corrected chi connectivity index (χ0v) is 8.49. The molecular formula is C11H8FNS. The third kappa shape index (κ3) is 1.49. The van der Waals surface area contributed by atoms with Crippen LogP contribution in [0.2, 0.25) is 0 Å². The second-order valence-corrected chi connectivity index (χ2v) is 4.24. The van der Waals surface area contributed by atoms with Crippen molar-refractivity contribution in [3.63, 3.8) is 0 Å². The Morgan fingerprint density at radius 3 is 2.93 bits per heavy atom. The van der Waals surface area contributed by atoms with Crippen molar-refractivity contribution in [2.75, 3.05) is 0 Å². The van der Waals surface area contributed by atoms with E-state index in [0.29, 0.717) is 6.42 Å². The standard InChI is InChI=1S/C11H8FNS/c1-7-4-9-6-11(12)14-10(9)5-8(7)2-3-13/h4-6H,2H2,1H3. The van der Waals surface area contributed by atoms with E-state index in [1.807, 2.05) is 19.1 Å². The monoisotopic (exact) mass is 205 g/mol. The van der Waals surface area contributed by atoms with Crippen molar-refractivity contribution >= 4 is 21.4 Å². The van der Waals surface area contributed by atoms with Crippen molar-refractivity contribution < 1.29 is 4.39 Å². The highest BCUT2D eigenvalue weighted by Gasteiger charge is 2.05. The van der Waals surface area contributed by atoms with E-state index >= 15 is 0 Å². The van der Waals surface area contributed by atoms with Crippen LogP contribution < -0.4 is 0 Å². The van der Waals surface area contributed by atoms with Crippen molar-refractivity contribution in [1.82, 2.24) is 0 Å². The van der Waals surface area contributed by atoms with Crippen LogP contribution in [0.15, 0.2) is 18.2 Å². The lowest BCUT2D eigenvalue weighted by Crippen LogP contribution is -1.85. The smallest absolute Gasteiger partial charge is 0.177 e. The molecule has 14 heavy (non-hydrogen) atoms. The van der Waals surface area contributed by atoms with E-state index in [-0.39, 0.29) is 5.13 Å². The van der Waals surface area contributed by atoms with Crippen LogP contribution in [0.3, 0.4) is 0 Å². The Labute approximate surface area is 85.4 Å². The number of benzene rings is 1. The van der Waals surface area contributed by atoms with Gasteiger partial charge in [-0.3, -0.25) is 0 Å². The van der Waals surface area contributed by atoms with Crippen LogP contribution in [-0.2, 0) is 6.42 Å². The number of aryl methyl sites for hydroxylation is 1. The van der Waals surface area contributed by atoms with Gasteiger partial charge in [0.05, 0.1) is 12.5 Å². The third-order valence-electron chi connectivity index (χ3n) is 2.21. The summed E-state index contributed by atoms with van der Waals surface area (Å²) in [5.41, 5.74) is 2.04. The van der Waals surface area contributed by atoms with Crippen molar-refractivity contribution in [2.24, 2.45) is 0 Å². The third-order valence-corrected chi connectivity index (χ3v) is 3.10. The summed E-state index contributed by atoms with van der Waals surface area (Å²) < 4.78 is 13.8. The van der Waals surface area contributed by atoms with Gasteiger partial charge in [0, 0.05) is 4.70 Å². The molecule has 0 spiro atoms. The van der Waals surface area contributed by atoms with Gasteiger partial charge in [-0.15, -0.1) is 11.3 Å². The topological polar surface area (TPSA) is 23.8 Å². The fraction of sp³-hybridized carbons (Fsp3) is 0.182. The van der Waals surface area contributed by atoms with E-state index in [0.717, 1.165) is 32.5 Å². The average Bonchev–Trinajstić information content (AvgIpc) is 2.45. The summed E-state index contributed by atoms with van der Waals surface area (Å²) in [4.78, 5) is 0. The molecule has 3 heteroatoms. The molecule has 0 radical (unpaired) electrons. The van der Waals surface area contributed by atoms with E-state index < -0.39 is 0 Å². The molecule has 0 N–H and O–H groups in total. The van der Waals surface area contributed by atoms with Crippen molar-refractivity contribution in [3.05, 3.63) is 34.5 Å². The molecule has 2 rings (SSSR count). The van der Waals surface area contributed by atoms with Crippen LogP contribution in [0.1, 0.15) is 11.1 Å². The zero-order chi connectivity index (χ0) is 10.1. The molecule has 1 aromatic carbocycles. The first-order valence-corrected chi connectivity index (χ1v) is 5.08. The molecule has 1 aromatic heterocycles. The molecule has 0 bridgehead atoms. The Morgan fingerprint density at radius 1 is 1.43 bits per heavy atom. The molecule has 0 unspecified atom stereocenters. The van der Waals surface area contributed by atoms with Crippen molar-refractivity contribution in [1.29, 1.82) is 5.26 Å². The average molecular weight is 205 g/mol. The molecule has 0 saturated carbocycles. The maximum Gasteiger partial charge on any atom is 0.177 e. The maximum absolute atomic E-state index is 12.9. The van der Waals surface area contributed by atoms with Crippen LogP contribution in [0.5, 0.6) is 0 Å². The van der Waals surface area contributed by atoms with Gasteiger partial charge in [0.25, 0.3) is 0 Å². The van der Waals surface area contributed by atoms with Gasteiger partial charge in [0.1, 0.15) is 0 Å². The molecule has 0 aliphatic carbocycles. The van der Waals surface area contributed by atoms with E-state index in [2.05, 4.69) is 6.07 Å². The maximum atomic E-state index is 12.9. The number of halogens is 1. The van der Waals surface area contributed by atoms with Gasteiger partial charge in [-0.05, 0) is 35.6 Å². The van der Waals surface area contributed by atoms with E-state index in [1.165, 1.54) is 6.07 Å². The quantitative estimate of drug-likeness (QED) is 0.699. The largest absolute Gasteiger partial charge is 0.198 e. The number of fused-ring (bicyclic) bond motifs is 1. The normalized spacial score (nSPS) is 10.4. The van der Waals surface area contributed by atoms with Gasteiger partial charge >= 0.3 is 0 Å². The first kappa shape index (κ1) is 9.17. The number of rotatable bonds is 1. The molecule has 2 aromatic rings. The van der Waals surface area contributed by atoms with E-state index in [4.69, 9.17) is 5.26 Å². The minimum absolute atomic E-state index is 0.173. The highest BCUT2D eigenvalue weighted by Crippen LogP contribution is 2.27. The summed E-state index contributed by atoms with van der Waals surface area (Å²) in [6, 6.07) is 7.47. The fourth-order valence-corrected chi connectivity index (χ4v) is 2.32. The second kappa shape index (κ2) is 3.39. The fourth-order valence-electron chi connectivity index (χ4n) is 1.49. The highest BCUT2D eigenvalue weighted by molar-refractivity contribution is 7.17. The van der Waals surface area contributed by atoms with Gasteiger partial charge in [-0.25, -0.2) is 0 Å². The first-order chi connectivity index (χ1) is 6.70. The second-order valence-electron chi connectivity index (χ2n) is 3.20. The van der Waals surface area contributed by atoms with Gasteiger partial charge in [-0.1, -0.05) is 6.07 Å². The summed E-state index contributed by atoms with van der Waals surface area (Å²) in [6.45, 7) is 1.95. The lowest BCUT2D eigenvalue weighted by Gasteiger charge is -2.00. The number of nitrogens with zero attached hydrogens (tertiary/aromatic N) is 1. The minimum Gasteiger partial charge on any atom is -0.198 e. The van der Waals surface area contributed by atoms with Crippen LogP contribution >= 0.6 is 11.3 Å². The van der Waals surface area contributed by atoms with Crippen LogP contribution in [0.4, 0.5) is 4.39 Å². The highest BCUT2D eigenvalue weighted by atomic mass is 32.1. The summed E-state index contributed by atoms with van der Waals surface area (Å²) in [6.07, 6.45) is 0.390. The van der Waals surface area contributed by atoms with Gasteiger partial charge in [0.15, 0.2) is 5.13 Å². The van der Waals surface area contributed by atoms with Crippen LogP contribution in [-0.4, -0.2) is 0 Å². The molecule has 1 nitrogen and oxygen atoms in total.